The van der Waals surface area contributed by atoms with Crippen LogP contribution in [0.25, 0.3) is 22.4 Å². The molecule has 0 saturated heterocycles. The molecule has 2 aromatic carbocycles. The molecule has 3 rings (SSSR count). The van der Waals surface area contributed by atoms with Crippen LogP contribution in [0.3, 0.4) is 0 Å². The molecule has 1 heterocycles. The minimum atomic E-state index is 0.176. The van der Waals surface area contributed by atoms with Gasteiger partial charge in [0.25, 0.3) is 0 Å². The lowest BCUT2D eigenvalue weighted by Crippen LogP contribution is -1.93. The molecule has 0 aliphatic heterocycles. The van der Waals surface area contributed by atoms with Crippen molar-refractivity contribution in [3.05, 3.63) is 75.4 Å². The molecule has 0 N–H and O–H groups in total. The largest absolute Gasteiger partial charge is 0.234 e. The summed E-state index contributed by atoms with van der Waals surface area (Å²) in [7, 11) is 0. The van der Waals surface area contributed by atoms with Crippen LogP contribution in [-0.4, -0.2) is 4.98 Å². The summed E-state index contributed by atoms with van der Waals surface area (Å²) in [6, 6.07) is 18.5. The van der Waals surface area contributed by atoms with E-state index in [2.05, 4.69) is 11.1 Å². The van der Waals surface area contributed by atoms with Crippen molar-refractivity contribution in [3.8, 4) is 28.5 Å². The second-order valence-electron chi connectivity index (χ2n) is 4.85. The van der Waals surface area contributed by atoms with Gasteiger partial charge in [-0.2, -0.15) is 5.26 Å². The zero-order valence-electron chi connectivity index (χ0n) is 11.7. The fraction of sp³-hybridized carbons (Fsp3) is 0. The van der Waals surface area contributed by atoms with Crippen LogP contribution in [0, 0.1) is 11.3 Å². The molecule has 0 aliphatic carbocycles. The number of hydrogen-bond acceptors (Lipinski definition) is 2. The third-order valence-electron chi connectivity index (χ3n) is 3.37. The van der Waals surface area contributed by atoms with Gasteiger partial charge in [-0.05, 0) is 35.9 Å². The Labute approximate surface area is 148 Å². The summed E-state index contributed by atoms with van der Waals surface area (Å²) >= 11 is 18.0. The number of rotatable bonds is 2. The van der Waals surface area contributed by atoms with E-state index in [1.54, 1.807) is 30.3 Å². The maximum atomic E-state index is 9.22. The van der Waals surface area contributed by atoms with Crippen LogP contribution in [-0.2, 0) is 0 Å². The van der Waals surface area contributed by atoms with E-state index in [4.69, 9.17) is 34.8 Å². The number of hydrogen-bond donors (Lipinski definition) is 0. The third kappa shape index (κ3) is 3.33. The SMILES string of the molecule is N#Cc1cc(-c2ccc(Cl)cc2)c(-c2ccc(Cl)cc2)nc1Cl. The first-order valence-electron chi connectivity index (χ1n) is 6.71. The Morgan fingerprint density at radius 2 is 1.30 bits per heavy atom. The van der Waals surface area contributed by atoms with Gasteiger partial charge < -0.3 is 0 Å². The Kier molecular flexibility index (Phi) is 4.54. The van der Waals surface area contributed by atoms with Crippen LogP contribution in [0.15, 0.2) is 54.6 Å². The lowest BCUT2D eigenvalue weighted by Gasteiger charge is -2.11. The molecule has 112 valence electrons. The van der Waals surface area contributed by atoms with Crippen molar-refractivity contribution in [1.29, 1.82) is 5.26 Å². The minimum Gasteiger partial charge on any atom is -0.234 e. The predicted octanol–water partition coefficient (Wildman–Crippen LogP) is 6.25. The summed E-state index contributed by atoms with van der Waals surface area (Å²) in [5, 5.41) is 10.7. The van der Waals surface area contributed by atoms with Crippen LogP contribution < -0.4 is 0 Å². The van der Waals surface area contributed by atoms with E-state index >= 15 is 0 Å². The Bertz CT molecular complexity index is 895. The summed E-state index contributed by atoms with van der Waals surface area (Å²) in [5.74, 6) is 0. The highest BCUT2D eigenvalue weighted by Gasteiger charge is 2.14. The smallest absolute Gasteiger partial charge is 0.147 e. The standard InChI is InChI=1S/C18H9Cl3N2/c19-14-5-1-11(2-6-14)16-9-13(10-22)18(21)23-17(16)12-3-7-15(20)8-4-12/h1-9H. The lowest BCUT2D eigenvalue weighted by atomic mass is 9.98. The first-order chi connectivity index (χ1) is 11.1. The van der Waals surface area contributed by atoms with Crippen molar-refractivity contribution in [2.45, 2.75) is 0 Å². The highest BCUT2D eigenvalue weighted by Crippen LogP contribution is 2.34. The van der Waals surface area contributed by atoms with Crippen LogP contribution in [0.1, 0.15) is 5.56 Å². The molecule has 0 spiro atoms. The van der Waals surface area contributed by atoms with Gasteiger partial charge in [-0.15, -0.1) is 0 Å². The van der Waals surface area contributed by atoms with Crippen molar-refractivity contribution < 1.29 is 0 Å². The highest BCUT2D eigenvalue weighted by molar-refractivity contribution is 6.31. The molecule has 0 saturated carbocycles. The molecule has 0 radical (unpaired) electrons. The number of nitrogens with zero attached hydrogens (tertiary/aromatic N) is 2. The first-order valence-corrected chi connectivity index (χ1v) is 7.84. The van der Waals surface area contributed by atoms with Crippen molar-refractivity contribution in [1.82, 2.24) is 4.98 Å². The van der Waals surface area contributed by atoms with Gasteiger partial charge in [0.1, 0.15) is 11.2 Å². The second-order valence-corrected chi connectivity index (χ2v) is 6.08. The van der Waals surface area contributed by atoms with Gasteiger partial charge in [-0.25, -0.2) is 4.98 Å². The number of benzene rings is 2. The number of pyridine rings is 1. The Morgan fingerprint density at radius 3 is 1.83 bits per heavy atom. The lowest BCUT2D eigenvalue weighted by molar-refractivity contribution is 1.30. The molecule has 1 aromatic heterocycles. The normalized spacial score (nSPS) is 10.3. The quantitative estimate of drug-likeness (QED) is 0.507. The molecule has 0 atom stereocenters. The molecule has 0 fully saturated rings. The average molecular weight is 360 g/mol. The zero-order valence-corrected chi connectivity index (χ0v) is 14.0. The molecule has 0 aliphatic rings. The van der Waals surface area contributed by atoms with Gasteiger partial charge in [-0.1, -0.05) is 59.1 Å². The molecular weight excluding hydrogens is 351 g/mol. The molecule has 23 heavy (non-hydrogen) atoms. The van der Waals surface area contributed by atoms with Gasteiger partial charge in [-0.3, -0.25) is 0 Å². The van der Waals surface area contributed by atoms with E-state index < -0.39 is 0 Å². The van der Waals surface area contributed by atoms with Crippen molar-refractivity contribution in [2.24, 2.45) is 0 Å². The third-order valence-corrected chi connectivity index (χ3v) is 4.16. The highest BCUT2D eigenvalue weighted by atomic mass is 35.5. The van der Waals surface area contributed by atoms with Crippen LogP contribution in [0.5, 0.6) is 0 Å². The van der Waals surface area contributed by atoms with Crippen molar-refractivity contribution >= 4 is 34.8 Å². The second kappa shape index (κ2) is 6.60. The maximum Gasteiger partial charge on any atom is 0.147 e. The van der Waals surface area contributed by atoms with Crippen LogP contribution in [0.4, 0.5) is 0 Å². The van der Waals surface area contributed by atoms with Gasteiger partial charge in [0.15, 0.2) is 0 Å². The topological polar surface area (TPSA) is 36.7 Å². The van der Waals surface area contributed by atoms with E-state index in [-0.39, 0.29) is 5.15 Å². The van der Waals surface area contributed by atoms with Gasteiger partial charge in [0, 0.05) is 21.2 Å². The molecule has 0 bridgehead atoms. The van der Waals surface area contributed by atoms with Crippen LogP contribution in [0.2, 0.25) is 15.2 Å². The van der Waals surface area contributed by atoms with Gasteiger partial charge in [0.05, 0.1) is 11.3 Å². The number of aromatic nitrogens is 1. The van der Waals surface area contributed by atoms with Crippen molar-refractivity contribution in [3.63, 3.8) is 0 Å². The molecule has 2 nitrogen and oxygen atoms in total. The van der Waals surface area contributed by atoms with E-state index in [1.165, 1.54) is 0 Å². The summed E-state index contributed by atoms with van der Waals surface area (Å²) in [6.45, 7) is 0. The zero-order chi connectivity index (χ0) is 16.4. The average Bonchev–Trinajstić information content (AvgIpc) is 2.56. The summed E-state index contributed by atoms with van der Waals surface area (Å²) in [6.07, 6.45) is 0. The van der Waals surface area contributed by atoms with E-state index in [1.807, 2.05) is 24.3 Å². The summed E-state index contributed by atoms with van der Waals surface area (Å²) in [5.41, 5.74) is 3.60. The first kappa shape index (κ1) is 15.8. The fourth-order valence-electron chi connectivity index (χ4n) is 2.25. The maximum absolute atomic E-state index is 9.22. The molecular formula is C18H9Cl3N2. The fourth-order valence-corrected chi connectivity index (χ4v) is 2.68. The predicted molar refractivity (Wildman–Crippen MR) is 94.9 cm³/mol. The molecule has 5 heteroatoms. The minimum absolute atomic E-state index is 0.176. The Morgan fingerprint density at radius 1 is 0.783 bits per heavy atom. The Hall–Kier alpha value is -2.05. The molecule has 3 aromatic rings. The number of halogens is 3. The summed E-state index contributed by atoms with van der Waals surface area (Å²) in [4.78, 5) is 4.41. The van der Waals surface area contributed by atoms with Crippen LogP contribution >= 0.6 is 34.8 Å². The monoisotopic (exact) mass is 358 g/mol. The Balaban J connectivity index is 2.25. The van der Waals surface area contributed by atoms with Crippen molar-refractivity contribution in [2.75, 3.05) is 0 Å². The molecule has 0 unspecified atom stereocenters. The van der Waals surface area contributed by atoms with Gasteiger partial charge >= 0.3 is 0 Å². The van der Waals surface area contributed by atoms with E-state index in [0.29, 0.717) is 21.3 Å². The molecule has 0 amide bonds. The van der Waals surface area contributed by atoms with E-state index in [9.17, 15) is 5.26 Å². The van der Waals surface area contributed by atoms with E-state index in [0.717, 1.165) is 16.7 Å². The summed E-state index contributed by atoms with van der Waals surface area (Å²) < 4.78 is 0. The number of nitriles is 1. The van der Waals surface area contributed by atoms with Gasteiger partial charge in [0.2, 0.25) is 0 Å².